The molecule has 0 bridgehead atoms. The molecule has 1 saturated heterocycles. The minimum Gasteiger partial charge on any atom is -0.487 e. The van der Waals surface area contributed by atoms with Gasteiger partial charge in [0.25, 0.3) is 0 Å². The van der Waals surface area contributed by atoms with Gasteiger partial charge in [-0.25, -0.2) is 0 Å². The summed E-state index contributed by atoms with van der Waals surface area (Å²) in [5, 5.41) is 2.84. The third-order valence-electron chi connectivity index (χ3n) is 4.26. The molecule has 4 nitrogen and oxygen atoms in total. The molecule has 0 aliphatic carbocycles. The van der Waals surface area contributed by atoms with Gasteiger partial charge in [0.05, 0.1) is 6.10 Å². The minimum absolute atomic E-state index is 0.0221. The van der Waals surface area contributed by atoms with E-state index in [4.69, 9.17) is 4.74 Å². The lowest BCUT2D eigenvalue weighted by atomic mass is 9.73. The van der Waals surface area contributed by atoms with Crippen LogP contribution in [0.25, 0.3) is 0 Å². The first-order chi connectivity index (χ1) is 10.7. The summed E-state index contributed by atoms with van der Waals surface area (Å²) in [6, 6.07) is 5.00. The monoisotopic (exact) mass is 327 g/mol. The molecular weight excluding hydrogens is 304 g/mol. The average molecular weight is 327 g/mol. The van der Waals surface area contributed by atoms with Crippen molar-refractivity contribution in [2.24, 2.45) is 5.92 Å². The number of benzene rings is 1. The Morgan fingerprint density at radius 3 is 2.43 bits per heavy atom. The van der Waals surface area contributed by atoms with E-state index in [9.17, 15) is 13.6 Å². The van der Waals surface area contributed by atoms with Crippen LogP contribution in [0.5, 0.6) is 11.5 Å². The zero-order valence-electron chi connectivity index (χ0n) is 13.9. The molecule has 1 heterocycles. The largest absolute Gasteiger partial charge is 0.487 e. The standard InChI is InChI=1S/C17H23F2NO3/c1-10(2)22-14-7-11(5-6-13(14)23-16(18)19)17(3,4)12-8-15(21)20-9-12/h5-7,10,12,16H,8-9H2,1-4H3,(H,20,21)/t12-/m0/s1. The van der Waals surface area contributed by atoms with Crippen molar-refractivity contribution in [3.05, 3.63) is 23.8 Å². The van der Waals surface area contributed by atoms with Gasteiger partial charge in [-0.3, -0.25) is 4.79 Å². The first kappa shape index (κ1) is 17.5. The van der Waals surface area contributed by atoms with Gasteiger partial charge in [0.1, 0.15) is 0 Å². The van der Waals surface area contributed by atoms with Crippen molar-refractivity contribution < 1.29 is 23.0 Å². The third-order valence-corrected chi connectivity index (χ3v) is 4.26. The Balaban J connectivity index is 2.33. The predicted molar refractivity (Wildman–Crippen MR) is 83.0 cm³/mol. The van der Waals surface area contributed by atoms with Gasteiger partial charge in [-0.05, 0) is 42.9 Å². The van der Waals surface area contributed by atoms with Crippen LogP contribution < -0.4 is 14.8 Å². The molecule has 0 spiro atoms. The third kappa shape index (κ3) is 4.12. The van der Waals surface area contributed by atoms with Crippen LogP contribution in [0.4, 0.5) is 8.78 Å². The summed E-state index contributed by atoms with van der Waals surface area (Å²) in [5.74, 6) is 0.500. The second-order valence-electron chi connectivity index (χ2n) is 6.63. The molecule has 1 aromatic rings. The van der Waals surface area contributed by atoms with Crippen LogP contribution >= 0.6 is 0 Å². The van der Waals surface area contributed by atoms with Crippen LogP contribution in [-0.2, 0) is 10.2 Å². The first-order valence-electron chi connectivity index (χ1n) is 7.73. The van der Waals surface area contributed by atoms with Gasteiger partial charge in [-0.1, -0.05) is 19.9 Å². The maximum atomic E-state index is 12.5. The minimum atomic E-state index is -2.90. The molecule has 1 N–H and O–H groups in total. The molecule has 6 heteroatoms. The van der Waals surface area contributed by atoms with E-state index in [1.165, 1.54) is 6.07 Å². The first-order valence-corrected chi connectivity index (χ1v) is 7.73. The molecule has 1 aliphatic heterocycles. The van der Waals surface area contributed by atoms with E-state index in [-0.39, 0.29) is 29.1 Å². The number of hydrogen-bond donors (Lipinski definition) is 1. The van der Waals surface area contributed by atoms with E-state index in [1.54, 1.807) is 12.1 Å². The fourth-order valence-electron chi connectivity index (χ4n) is 2.80. The maximum Gasteiger partial charge on any atom is 0.387 e. The molecule has 128 valence electrons. The second-order valence-corrected chi connectivity index (χ2v) is 6.63. The summed E-state index contributed by atoms with van der Waals surface area (Å²) in [7, 11) is 0. The summed E-state index contributed by atoms with van der Waals surface area (Å²) < 4.78 is 35.2. The Labute approximate surface area is 135 Å². The number of ether oxygens (including phenoxy) is 2. The van der Waals surface area contributed by atoms with Crippen molar-refractivity contribution in [1.29, 1.82) is 0 Å². The molecular formula is C17H23F2NO3. The van der Waals surface area contributed by atoms with E-state index < -0.39 is 6.61 Å². The van der Waals surface area contributed by atoms with Crippen LogP contribution in [0, 0.1) is 5.92 Å². The van der Waals surface area contributed by atoms with Gasteiger partial charge in [0.15, 0.2) is 11.5 Å². The molecule has 0 saturated carbocycles. The zero-order chi connectivity index (χ0) is 17.2. The van der Waals surface area contributed by atoms with Crippen molar-refractivity contribution in [3.63, 3.8) is 0 Å². The number of alkyl halides is 2. The molecule has 0 unspecified atom stereocenters. The Kier molecular flexibility index (Phi) is 5.12. The van der Waals surface area contributed by atoms with Crippen LogP contribution in [0.15, 0.2) is 18.2 Å². The van der Waals surface area contributed by atoms with Crippen molar-refractivity contribution in [3.8, 4) is 11.5 Å². The van der Waals surface area contributed by atoms with E-state index >= 15 is 0 Å². The number of nitrogens with one attached hydrogen (secondary N) is 1. The number of carbonyl (C=O) groups is 1. The van der Waals surface area contributed by atoms with E-state index in [0.717, 1.165) is 5.56 Å². The highest BCUT2D eigenvalue weighted by Gasteiger charge is 2.37. The Morgan fingerprint density at radius 1 is 1.22 bits per heavy atom. The van der Waals surface area contributed by atoms with Gasteiger partial charge in [-0.15, -0.1) is 0 Å². The highest BCUT2D eigenvalue weighted by atomic mass is 19.3. The molecule has 23 heavy (non-hydrogen) atoms. The van der Waals surface area contributed by atoms with Gasteiger partial charge in [0, 0.05) is 13.0 Å². The summed E-state index contributed by atoms with van der Waals surface area (Å²) in [5.41, 5.74) is 0.633. The Hall–Kier alpha value is -1.85. The molecule has 0 radical (unpaired) electrons. The van der Waals surface area contributed by atoms with E-state index in [1.807, 2.05) is 27.7 Å². The van der Waals surface area contributed by atoms with E-state index in [0.29, 0.717) is 18.7 Å². The maximum absolute atomic E-state index is 12.5. The number of rotatable bonds is 6. The summed E-state index contributed by atoms with van der Waals surface area (Å²) >= 11 is 0. The van der Waals surface area contributed by atoms with Crippen LogP contribution in [0.2, 0.25) is 0 Å². The summed E-state index contributed by atoms with van der Waals surface area (Å²) in [6.07, 6.45) is 0.297. The SMILES string of the molecule is CC(C)Oc1cc(C(C)(C)[C@@H]2CNC(=O)C2)ccc1OC(F)F. The fourth-order valence-corrected chi connectivity index (χ4v) is 2.80. The lowest BCUT2D eigenvalue weighted by Crippen LogP contribution is -2.30. The lowest BCUT2D eigenvalue weighted by molar-refractivity contribution is -0.119. The molecule has 1 atom stereocenters. The second kappa shape index (κ2) is 6.72. The number of halogens is 2. The molecule has 1 aliphatic rings. The molecule has 1 fully saturated rings. The molecule has 2 rings (SSSR count). The zero-order valence-corrected chi connectivity index (χ0v) is 13.9. The van der Waals surface area contributed by atoms with Crippen molar-refractivity contribution in [2.75, 3.05) is 6.54 Å². The Bertz CT molecular complexity index is 573. The van der Waals surface area contributed by atoms with Crippen LogP contribution in [0.1, 0.15) is 39.7 Å². The number of hydrogen-bond acceptors (Lipinski definition) is 3. The van der Waals surface area contributed by atoms with Gasteiger partial charge in [0.2, 0.25) is 5.91 Å². The molecule has 1 amide bonds. The van der Waals surface area contributed by atoms with Crippen molar-refractivity contribution >= 4 is 5.91 Å². The topological polar surface area (TPSA) is 47.6 Å². The number of carbonyl (C=O) groups excluding carboxylic acids is 1. The highest BCUT2D eigenvalue weighted by Crippen LogP contribution is 2.40. The van der Waals surface area contributed by atoms with Gasteiger partial charge in [-0.2, -0.15) is 8.78 Å². The van der Waals surface area contributed by atoms with Crippen molar-refractivity contribution in [2.45, 2.75) is 52.2 Å². The Morgan fingerprint density at radius 2 is 1.91 bits per heavy atom. The predicted octanol–water partition coefficient (Wildman–Crippen LogP) is 3.49. The van der Waals surface area contributed by atoms with Crippen LogP contribution in [-0.4, -0.2) is 25.2 Å². The van der Waals surface area contributed by atoms with Crippen molar-refractivity contribution in [1.82, 2.24) is 5.32 Å². The normalized spacial score (nSPS) is 18.4. The fraction of sp³-hybridized carbons (Fsp3) is 0.588. The highest BCUT2D eigenvalue weighted by molar-refractivity contribution is 5.78. The van der Waals surface area contributed by atoms with Gasteiger partial charge < -0.3 is 14.8 Å². The quantitative estimate of drug-likeness (QED) is 0.870. The van der Waals surface area contributed by atoms with Crippen LogP contribution in [0.3, 0.4) is 0 Å². The lowest BCUT2D eigenvalue weighted by Gasteiger charge is -2.32. The molecule has 0 aromatic heterocycles. The number of amides is 1. The molecule has 1 aromatic carbocycles. The van der Waals surface area contributed by atoms with E-state index in [2.05, 4.69) is 10.1 Å². The van der Waals surface area contributed by atoms with Gasteiger partial charge >= 0.3 is 6.61 Å². The summed E-state index contributed by atoms with van der Waals surface area (Å²) in [6.45, 7) is 5.44. The average Bonchev–Trinajstić information content (AvgIpc) is 2.87. The summed E-state index contributed by atoms with van der Waals surface area (Å²) in [4.78, 5) is 11.5. The smallest absolute Gasteiger partial charge is 0.387 e.